The summed E-state index contributed by atoms with van der Waals surface area (Å²) in [6.07, 6.45) is 4.83. The molecule has 0 radical (unpaired) electrons. The van der Waals surface area contributed by atoms with Gasteiger partial charge in [0.2, 0.25) is 0 Å². The SMILES string of the molecule is COc1c(C(C)(C)C)cc(-c2ccc3c(n2)CCCC3)cc1C(C)(C)C. The molecule has 2 nitrogen and oxygen atoms in total. The highest BCUT2D eigenvalue weighted by Crippen LogP contribution is 2.42. The van der Waals surface area contributed by atoms with Gasteiger partial charge >= 0.3 is 0 Å². The standard InChI is InChI=1S/C24H33NO/c1-23(2,3)18-14-17(15-19(22(18)26-7)24(4,5)6)21-13-12-16-10-8-9-11-20(16)25-21/h12-15H,8-11H2,1-7H3. The molecule has 2 heteroatoms. The van der Waals surface area contributed by atoms with Crippen molar-refractivity contribution in [2.24, 2.45) is 0 Å². The molecular formula is C24H33NO. The van der Waals surface area contributed by atoms with Gasteiger partial charge in [0.25, 0.3) is 0 Å². The van der Waals surface area contributed by atoms with Crippen LogP contribution in [0.5, 0.6) is 5.75 Å². The number of fused-ring (bicyclic) bond motifs is 1. The van der Waals surface area contributed by atoms with Gasteiger partial charge in [0.05, 0.1) is 12.8 Å². The van der Waals surface area contributed by atoms with Crippen LogP contribution < -0.4 is 4.74 Å². The van der Waals surface area contributed by atoms with Crippen LogP contribution >= 0.6 is 0 Å². The zero-order valence-electron chi connectivity index (χ0n) is 17.5. The van der Waals surface area contributed by atoms with Crippen molar-refractivity contribution < 1.29 is 4.74 Å². The molecule has 1 heterocycles. The van der Waals surface area contributed by atoms with Crippen LogP contribution in [-0.4, -0.2) is 12.1 Å². The monoisotopic (exact) mass is 351 g/mol. The van der Waals surface area contributed by atoms with E-state index >= 15 is 0 Å². The Labute approximate surface area is 159 Å². The summed E-state index contributed by atoms with van der Waals surface area (Å²) in [5.74, 6) is 1.02. The van der Waals surface area contributed by atoms with Crippen molar-refractivity contribution in [1.82, 2.24) is 4.98 Å². The van der Waals surface area contributed by atoms with Crippen molar-refractivity contribution in [2.75, 3.05) is 7.11 Å². The number of aryl methyl sites for hydroxylation is 2. The van der Waals surface area contributed by atoms with E-state index < -0.39 is 0 Å². The van der Waals surface area contributed by atoms with Gasteiger partial charge < -0.3 is 4.74 Å². The summed E-state index contributed by atoms with van der Waals surface area (Å²) in [6.45, 7) is 13.5. The van der Waals surface area contributed by atoms with E-state index in [1.54, 1.807) is 7.11 Å². The second kappa shape index (κ2) is 6.72. The number of aromatic nitrogens is 1. The van der Waals surface area contributed by atoms with Crippen LogP contribution in [0.3, 0.4) is 0 Å². The van der Waals surface area contributed by atoms with Crippen LogP contribution in [0.1, 0.15) is 76.8 Å². The second-order valence-electron chi connectivity index (χ2n) is 9.61. The molecule has 0 fully saturated rings. The average Bonchev–Trinajstić information content (AvgIpc) is 2.58. The van der Waals surface area contributed by atoms with E-state index in [-0.39, 0.29) is 10.8 Å². The topological polar surface area (TPSA) is 22.1 Å². The first-order valence-electron chi connectivity index (χ1n) is 9.83. The molecule has 0 spiro atoms. The van der Waals surface area contributed by atoms with Crippen molar-refractivity contribution in [3.8, 4) is 17.0 Å². The van der Waals surface area contributed by atoms with Gasteiger partial charge in [-0.15, -0.1) is 0 Å². The minimum atomic E-state index is 0.00949. The van der Waals surface area contributed by atoms with E-state index in [0.717, 1.165) is 17.9 Å². The summed E-state index contributed by atoms with van der Waals surface area (Å²) in [7, 11) is 1.79. The van der Waals surface area contributed by atoms with Crippen molar-refractivity contribution >= 4 is 0 Å². The molecule has 0 bridgehead atoms. The van der Waals surface area contributed by atoms with E-state index in [4.69, 9.17) is 9.72 Å². The fraction of sp³-hybridized carbons (Fsp3) is 0.542. The zero-order chi connectivity index (χ0) is 19.1. The van der Waals surface area contributed by atoms with Gasteiger partial charge in [0, 0.05) is 22.4 Å². The number of methoxy groups -OCH3 is 1. The Bertz CT molecular complexity index is 771. The van der Waals surface area contributed by atoms with Crippen molar-refractivity contribution in [3.63, 3.8) is 0 Å². The second-order valence-corrected chi connectivity index (χ2v) is 9.61. The summed E-state index contributed by atoms with van der Waals surface area (Å²) < 4.78 is 5.89. The number of hydrogen-bond acceptors (Lipinski definition) is 2. The normalized spacial score (nSPS) is 14.9. The molecule has 0 N–H and O–H groups in total. The third-order valence-corrected chi connectivity index (χ3v) is 5.38. The molecule has 26 heavy (non-hydrogen) atoms. The highest BCUT2D eigenvalue weighted by atomic mass is 16.5. The summed E-state index contributed by atoms with van der Waals surface area (Å²) in [5, 5.41) is 0. The maximum atomic E-state index is 5.89. The lowest BCUT2D eigenvalue weighted by Crippen LogP contribution is -2.19. The highest BCUT2D eigenvalue weighted by Gasteiger charge is 2.28. The van der Waals surface area contributed by atoms with Gasteiger partial charge in [-0.2, -0.15) is 0 Å². The van der Waals surface area contributed by atoms with Crippen LogP contribution in [0.2, 0.25) is 0 Å². The number of rotatable bonds is 2. The first-order chi connectivity index (χ1) is 12.1. The van der Waals surface area contributed by atoms with E-state index in [2.05, 4.69) is 65.8 Å². The summed E-state index contributed by atoms with van der Waals surface area (Å²) in [4.78, 5) is 5.04. The van der Waals surface area contributed by atoms with Crippen molar-refractivity contribution in [1.29, 1.82) is 0 Å². The Kier molecular flexibility index (Phi) is 4.90. The van der Waals surface area contributed by atoms with E-state index in [9.17, 15) is 0 Å². The Morgan fingerprint density at radius 2 is 1.42 bits per heavy atom. The molecule has 3 rings (SSSR count). The smallest absolute Gasteiger partial charge is 0.126 e. The summed E-state index contributed by atoms with van der Waals surface area (Å²) >= 11 is 0. The Balaban J connectivity index is 2.22. The lowest BCUT2D eigenvalue weighted by molar-refractivity contribution is 0.381. The predicted octanol–water partition coefficient (Wildman–Crippen LogP) is 6.23. The number of nitrogens with zero attached hydrogens (tertiary/aromatic N) is 1. The third-order valence-electron chi connectivity index (χ3n) is 5.38. The number of hydrogen-bond donors (Lipinski definition) is 0. The molecule has 2 aromatic rings. The molecule has 0 unspecified atom stereocenters. The summed E-state index contributed by atoms with van der Waals surface area (Å²) in [6, 6.07) is 9.05. The molecule has 0 aliphatic heterocycles. The minimum Gasteiger partial charge on any atom is -0.496 e. The summed E-state index contributed by atoms with van der Waals surface area (Å²) in [5.41, 5.74) is 7.53. The molecule has 1 aliphatic rings. The van der Waals surface area contributed by atoms with Gasteiger partial charge in [-0.3, -0.25) is 4.98 Å². The van der Waals surface area contributed by atoms with Crippen molar-refractivity contribution in [3.05, 3.63) is 46.6 Å². The first-order valence-corrected chi connectivity index (χ1v) is 9.83. The van der Waals surface area contributed by atoms with E-state index in [1.165, 1.54) is 47.2 Å². The number of pyridine rings is 1. The quantitative estimate of drug-likeness (QED) is 0.639. The van der Waals surface area contributed by atoms with E-state index in [0.29, 0.717) is 0 Å². The molecule has 1 aromatic carbocycles. The maximum Gasteiger partial charge on any atom is 0.126 e. The molecule has 0 saturated heterocycles. The maximum absolute atomic E-state index is 5.89. The van der Waals surface area contributed by atoms with Gasteiger partial charge in [-0.1, -0.05) is 47.6 Å². The lowest BCUT2D eigenvalue weighted by atomic mass is 9.78. The van der Waals surface area contributed by atoms with Crippen LogP contribution in [0, 0.1) is 0 Å². The van der Waals surface area contributed by atoms with Crippen LogP contribution in [0.15, 0.2) is 24.3 Å². The predicted molar refractivity (Wildman–Crippen MR) is 110 cm³/mol. The fourth-order valence-corrected chi connectivity index (χ4v) is 3.85. The molecule has 0 amide bonds. The molecule has 1 aliphatic carbocycles. The third kappa shape index (κ3) is 3.65. The lowest BCUT2D eigenvalue weighted by Gasteiger charge is -2.30. The highest BCUT2D eigenvalue weighted by molar-refractivity contribution is 5.67. The van der Waals surface area contributed by atoms with Gasteiger partial charge in [0.15, 0.2) is 0 Å². The average molecular weight is 352 g/mol. The van der Waals surface area contributed by atoms with Crippen LogP contribution in [0.4, 0.5) is 0 Å². The fourth-order valence-electron chi connectivity index (χ4n) is 3.85. The van der Waals surface area contributed by atoms with Crippen LogP contribution in [-0.2, 0) is 23.7 Å². The minimum absolute atomic E-state index is 0.00949. The first kappa shape index (κ1) is 18.9. The Morgan fingerprint density at radius 1 is 0.846 bits per heavy atom. The van der Waals surface area contributed by atoms with E-state index in [1.807, 2.05) is 0 Å². The molecule has 0 atom stereocenters. The number of benzene rings is 1. The van der Waals surface area contributed by atoms with Gasteiger partial charge in [-0.05, 0) is 60.3 Å². The van der Waals surface area contributed by atoms with Gasteiger partial charge in [-0.25, -0.2) is 0 Å². The van der Waals surface area contributed by atoms with Gasteiger partial charge in [0.1, 0.15) is 5.75 Å². The Hall–Kier alpha value is -1.83. The largest absolute Gasteiger partial charge is 0.496 e. The molecule has 1 aromatic heterocycles. The molecule has 140 valence electrons. The Morgan fingerprint density at radius 3 is 1.96 bits per heavy atom. The van der Waals surface area contributed by atoms with Crippen LogP contribution in [0.25, 0.3) is 11.3 Å². The van der Waals surface area contributed by atoms with Crippen molar-refractivity contribution in [2.45, 2.75) is 78.1 Å². The number of ether oxygens (including phenoxy) is 1. The molecular weight excluding hydrogens is 318 g/mol. The zero-order valence-corrected chi connectivity index (χ0v) is 17.5. The molecule has 0 saturated carbocycles.